The normalized spacial score (nSPS) is 39.6. The van der Waals surface area contributed by atoms with E-state index in [1.807, 2.05) is 13.8 Å². The number of Topliss-reactive ketones (excluding diaryl/α,β-unsaturated/α-hetero) is 1. The van der Waals surface area contributed by atoms with Crippen molar-refractivity contribution in [1.82, 2.24) is 5.32 Å². The Balaban J connectivity index is 0.991. The first-order chi connectivity index (χ1) is 27.7. The van der Waals surface area contributed by atoms with Crippen LogP contribution < -0.4 is 10.2 Å². The summed E-state index contributed by atoms with van der Waals surface area (Å²) in [4.78, 5) is 56.1. The molecule has 7 aliphatic rings. The molecule has 8 rings (SSSR count). The molecule has 8 heteroatoms. The summed E-state index contributed by atoms with van der Waals surface area (Å²) in [5, 5.41) is 13.0. The number of carboxylic acid groups (broad SMARTS) is 1. The van der Waals surface area contributed by atoms with Crippen molar-refractivity contribution in [3.8, 4) is 0 Å². The Kier molecular flexibility index (Phi) is 10.6. The number of ether oxygens (including phenoxy) is 1. The average molecular weight is 811 g/mol. The lowest BCUT2D eigenvalue weighted by Crippen LogP contribution is -2.66. The maximum Gasteiger partial charge on any atom is 0.309 e. The van der Waals surface area contributed by atoms with Crippen molar-refractivity contribution in [3.05, 3.63) is 41.0 Å². The zero-order valence-electron chi connectivity index (χ0n) is 37.8. The summed E-state index contributed by atoms with van der Waals surface area (Å²) in [6.07, 6.45) is 12.9. The molecular weight excluding hydrogens is 737 g/mol. The van der Waals surface area contributed by atoms with E-state index in [4.69, 9.17) is 4.74 Å². The maximum atomic E-state index is 14.2. The van der Waals surface area contributed by atoms with E-state index in [-0.39, 0.29) is 63.2 Å². The highest BCUT2D eigenvalue weighted by Crippen LogP contribution is 2.77. The van der Waals surface area contributed by atoms with Gasteiger partial charge in [-0.3, -0.25) is 19.2 Å². The summed E-state index contributed by atoms with van der Waals surface area (Å²) >= 11 is 0. The average Bonchev–Trinajstić information content (AvgIpc) is 3.47. The van der Waals surface area contributed by atoms with Gasteiger partial charge in [-0.25, -0.2) is 0 Å². The first-order valence-electron chi connectivity index (χ1n) is 23.5. The van der Waals surface area contributed by atoms with E-state index in [0.29, 0.717) is 37.6 Å². The van der Waals surface area contributed by atoms with Crippen molar-refractivity contribution in [1.29, 1.82) is 0 Å². The minimum absolute atomic E-state index is 0.00398. The molecule has 1 heterocycles. The number of esters is 1. The van der Waals surface area contributed by atoms with Crippen LogP contribution in [0.2, 0.25) is 0 Å². The van der Waals surface area contributed by atoms with Crippen LogP contribution in [0.25, 0.3) is 0 Å². The number of rotatable bonds is 9. The van der Waals surface area contributed by atoms with Gasteiger partial charge < -0.3 is 20.1 Å². The fourth-order valence-electron chi connectivity index (χ4n) is 15.6. The lowest BCUT2D eigenvalue weighted by Gasteiger charge is -2.72. The van der Waals surface area contributed by atoms with Crippen LogP contribution in [0, 0.1) is 68.0 Å². The highest BCUT2D eigenvalue weighted by Gasteiger charge is 2.70. The lowest BCUT2D eigenvalue weighted by molar-refractivity contribution is -0.236. The number of allylic oxidation sites excluding steroid dienone is 2. The molecule has 0 spiro atoms. The molecule has 5 saturated carbocycles. The number of benzene rings is 1. The van der Waals surface area contributed by atoms with E-state index in [9.17, 15) is 24.3 Å². The molecule has 0 aromatic heterocycles. The largest absolute Gasteiger partial charge is 0.481 e. The Labute approximate surface area is 354 Å². The maximum absolute atomic E-state index is 14.2. The van der Waals surface area contributed by atoms with Crippen LogP contribution in [-0.2, 0) is 30.5 Å². The van der Waals surface area contributed by atoms with Crippen molar-refractivity contribution in [2.75, 3.05) is 18.0 Å². The van der Waals surface area contributed by atoms with Crippen molar-refractivity contribution < 1.29 is 29.0 Å². The first kappa shape index (κ1) is 42.5. The van der Waals surface area contributed by atoms with Gasteiger partial charge in [-0.05, 0) is 146 Å². The Morgan fingerprint density at radius 2 is 1.51 bits per heavy atom. The topological polar surface area (TPSA) is 113 Å². The molecule has 1 amide bonds. The second-order valence-corrected chi connectivity index (χ2v) is 22.9. The van der Waals surface area contributed by atoms with Crippen molar-refractivity contribution >= 4 is 29.3 Å². The zero-order valence-corrected chi connectivity index (χ0v) is 37.8. The SMILES string of the molecule is CC(C)C1=C2[C@H]3CC[C@@H]4[C@@]5(C)CC[C@H](OC(=O)[C@H]6C[C@@H](C(=O)O)C6(C)C)C(C)(C)[C@@H]5CC[C@@]4(C)[C@]3(C)CC[C@@]2(CC(=O)NCc2ccc(N3CCCCC3)cc2)CC1=O. The Bertz CT molecular complexity index is 1890. The van der Waals surface area contributed by atoms with E-state index in [0.717, 1.165) is 75.6 Å². The van der Waals surface area contributed by atoms with Crippen LogP contribution in [-0.4, -0.2) is 47.9 Å². The Morgan fingerprint density at radius 1 is 0.814 bits per heavy atom. The quantitative estimate of drug-likeness (QED) is 0.239. The van der Waals surface area contributed by atoms with Crippen LogP contribution in [0.15, 0.2) is 35.4 Å². The summed E-state index contributed by atoms with van der Waals surface area (Å²) in [6.45, 7) is 23.2. The number of carbonyl (C=O) groups is 4. The fourth-order valence-corrected chi connectivity index (χ4v) is 15.6. The van der Waals surface area contributed by atoms with Gasteiger partial charge in [0.2, 0.25) is 5.91 Å². The molecule has 0 radical (unpaired) electrons. The summed E-state index contributed by atoms with van der Waals surface area (Å²) in [5.41, 5.74) is 3.67. The summed E-state index contributed by atoms with van der Waals surface area (Å²) in [5.74, 6) is -0.307. The van der Waals surface area contributed by atoms with Gasteiger partial charge in [0, 0.05) is 49.0 Å². The fraction of sp³-hybridized carbons (Fsp3) is 0.765. The molecule has 2 N–H and O–H groups in total. The van der Waals surface area contributed by atoms with Gasteiger partial charge in [-0.2, -0.15) is 0 Å². The summed E-state index contributed by atoms with van der Waals surface area (Å²) in [6, 6.07) is 8.69. The highest BCUT2D eigenvalue weighted by molar-refractivity contribution is 6.01. The van der Waals surface area contributed by atoms with Crippen LogP contribution >= 0.6 is 0 Å². The number of nitrogens with zero attached hydrogens (tertiary/aromatic N) is 1. The lowest BCUT2D eigenvalue weighted by atomic mass is 9.33. The molecule has 324 valence electrons. The van der Waals surface area contributed by atoms with Gasteiger partial charge in [0.15, 0.2) is 5.78 Å². The number of aliphatic carboxylic acids is 1. The van der Waals surface area contributed by atoms with Crippen LogP contribution in [0.4, 0.5) is 5.69 Å². The number of hydrogen-bond acceptors (Lipinski definition) is 6. The number of carbonyl (C=O) groups excluding carboxylic acids is 3. The number of hydrogen-bond donors (Lipinski definition) is 2. The minimum Gasteiger partial charge on any atom is -0.481 e. The van der Waals surface area contributed by atoms with Crippen LogP contribution in [0.1, 0.15) is 158 Å². The van der Waals surface area contributed by atoms with Crippen molar-refractivity contribution in [2.24, 2.45) is 68.0 Å². The molecular formula is C51H74N2O6. The van der Waals surface area contributed by atoms with Gasteiger partial charge in [0.1, 0.15) is 6.10 Å². The van der Waals surface area contributed by atoms with Crippen LogP contribution in [0.5, 0.6) is 0 Å². The van der Waals surface area contributed by atoms with E-state index in [1.54, 1.807) is 0 Å². The predicted molar refractivity (Wildman–Crippen MR) is 231 cm³/mol. The zero-order chi connectivity index (χ0) is 42.5. The monoisotopic (exact) mass is 811 g/mol. The van der Waals surface area contributed by atoms with E-state index in [1.165, 1.54) is 30.5 Å². The third-order valence-electron chi connectivity index (χ3n) is 19.3. The Hall–Kier alpha value is -3.16. The van der Waals surface area contributed by atoms with Crippen molar-refractivity contribution in [2.45, 2.75) is 165 Å². The second-order valence-electron chi connectivity index (χ2n) is 22.9. The number of piperidine rings is 1. The number of carboxylic acids is 1. The number of nitrogens with one attached hydrogen (secondary N) is 1. The van der Waals surface area contributed by atoms with Crippen LogP contribution in [0.3, 0.4) is 0 Å². The molecule has 10 atom stereocenters. The second kappa shape index (κ2) is 14.7. The summed E-state index contributed by atoms with van der Waals surface area (Å²) < 4.78 is 6.44. The smallest absolute Gasteiger partial charge is 0.309 e. The predicted octanol–water partition coefficient (Wildman–Crippen LogP) is 10.3. The molecule has 0 unspecified atom stereocenters. The minimum atomic E-state index is -0.827. The van der Waals surface area contributed by atoms with Crippen molar-refractivity contribution in [3.63, 3.8) is 0 Å². The third kappa shape index (κ3) is 6.55. The van der Waals surface area contributed by atoms with E-state index >= 15 is 0 Å². The highest BCUT2D eigenvalue weighted by atomic mass is 16.5. The molecule has 6 aliphatic carbocycles. The molecule has 59 heavy (non-hydrogen) atoms. The summed E-state index contributed by atoms with van der Waals surface area (Å²) in [7, 11) is 0. The van der Waals surface area contributed by atoms with E-state index in [2.05, 4.69) is 82.9 Å². The molecule has 8 nitrogen and oxygen atoms in total. The molecule has 1 aromatic carbocycles. The molecule has 1 saturated heterocycles. The van der Waals surface area contributed by atoms with Gasteiger partial charge >= 0.3 is 11.9 Å². The number of ketones is 1. The van der Waals surface area contributed by atoms with Gasteiger partial charge in [0.25, 0.3) is 0 Å². The number of anilines is 1. The van der Waals surface area contributed by atoms with Gasteiger partial charge in [0.05, 0.1) is 11.8 Å². The molecule has 0 bridgehead atoms. The molecule has 6 fully saturated rings. The first-order valence-corrected chi connectivity index (χ1v) is 23.5. The third-order valence-corrected chi connectivity index (χ3v) is 19.3. The number of fused-ring (bicyclic) bond motifs is 7. The molecule has 1 aromatic rings. The standard InChI is InChI=1S/C51H74N2O6/c1-31(2)42-37(54)28-51(29-41(55)52-30-32-13-15-33(16-14-32)53-25-11-10-12-26-53)24-23-49(8)34(43(42)51)17-18-39-48(7)21-20-40(47(5,6)38(48)19-22-50(39,49)9)59-45(58)36-27-35(44(56)57)46(36,3)4/h13-16,31,34-36,38-40H,10-12,17-30H2,1-9H3,(H,52,55)(H,56,57)/t34-,35+,36-,38+,39-,40+,48+,49-,50-,51+/m1/s1. The van der Waals surface area contributed by atoms with E-state index < -0.39 is 22.7 Å². The van der Waals surface area contributed by atoms with Gasteiger partial charge in [-0.15, -0.1) is 0 Å². The molecule has 1 aliphatic heterocycles. The van der Waals surface area contributed by atoms with Gasteiger partial charge in [-0.1, -0.05) is 80.0 Å². The number of amides is 1. The Morgan fingerprint density at radius 3 is 2.15 bits per heavy atom.